The summed E-state index contributed by atoms with van der Waals surface area (Å²) in [5.74, 6) is -0.0831. The first kappa shape index (κ1) is 15.7. The zero-order valence-electron chi connectivity index (χ0n) is 11.5. The lowest BCUT2D eigenvalue weighted by molar-refractivity contribution is -0.141. The Morgan fingerprint density at radius 3 is 2.13 bits per heavy atom. The van der Waals surface area contributed by atoms with Crippen molar-refractivity contribution in [2.75, 3.05) is 5.73 Å². The van der Waals surface area contributed by atoms with Crippen molar-refractivity contribution >= 4 is 5.69 Å². The number of aromatic nitrogens is 2. The lowest BCUT2D eigenvalue weighted by Gasteiger charge is -2.13. The van der Waals surface area contributed by atoms with Gasteiger partial charge in [0.05, 0.1) is 16.9 Å². The van der Waals surface area contributed by atoms with Crippen LogP contribution in [0.25, 0.3) is 5.69 Å². The van der Waals surface area contributed by atoms with Crippen molar-refractivity contribution in [1.82, 2.24) is 9.78 Å². The van der Waals surface area contributed by atoms with Gasteiger partial charge in [-0.25, -0.2) is 4.68 Å². The minimum absolute atomic E-state index is 0.00963. The van der Waals surface area contributed by atoms with E-state index in [0.29, 0.717) is 24.6 Å². The molecule has 124 valence electrons. The third kappa shape index (κ3) is 2.99. The lowest BCUT2D eigenvalue weighted by Crippen LogP contribution is -2.11. The maximum atomic E-state index is 12.8. The van der Waals surface area contributed by atoms with E-state index in [1.165, 1.54) is 0 Å². The molecule has 0 aliphatic heterocycles. The SMILES string of the molecule is Nc1cc(C(F)(F)F)ccc1-n1nc(C(F)(F)F)cc1C1CC1. The van der Waals surface area contributed by atoms with Crippen molar-refractivity contribution in [2.45, 2.75) is 31.1 Å². The van der Waals surface area contributed by atoms with Gasteiger partial charge in [-0.05, 0) is 37.1 Å². The second-order valence-electron chi connectivity index (χ2n) is 5.41. The molecule has 3 nitrogen and oxygen atoms in total. The molecule has 0 atom stereocenters. The minimum atomic E-state index is -4.63. The van der Waals surface area contributed by atoms with Crippen LogP contribution in [0.3, 0.4) is 0 Å². The van der Waals surface area contributed by atoms with Crippen LogP contribution in [0, 0.1) is 0 Å². The fraction of sp³-hybridized carbons (Fsp3) is 0.357. The number of halogens is 6. The molecule has 1 heterocycles. The van der Waals surface area contributed by atoms with Gasteiger partial charge in [-0.3, -0.25) is 0 Å². The van der Waals surface area contributed by atoms with Crippen LogP contribution in [0.1, 0.15) is 35.7 Å². The quantitative estimate of drug-likeness (QED) is 0.654. The van der Waals surface area contributed by atoms with Crippen LogP contribution in [0.5, 0.6) is 0 Å². The smallest absolute Gasteiger partial charge is 0.397 e. The second-order valence-corrected chi connectivity index (χ2v) is 5.41. The summed E-state index contributed by atoms with van der Waals surface area (Å²) < 4.78 is 77.5. The van der Waals surface area contributed by atoms with Crippen LogP contribution < -0.4 is 5.73 Å². The maximum absolute atomic E-state index is 12.8. The average molecular weight is 335 g/mol. The fourth-order valence-electron chi connectivity index (χ4n) is 2.32. The number of hydrogen-bond donors (Lipinski definition) is 1. The van der Waals surface area contributed by atoms with Crippen LogP contribution in [0.4, 0.5) is 32.0 Å². The van der Waals surface area contributed by atoms with E-state index in [0.717, 1.165) is 22.9 Å². The molecule has 1 aliphatic carbocycles. The Labute approximate surface area is 126 Å². The van der Waals surface area contributed by atoms with Gasteiger partial charge < -0.3 is 5.73 Å². The van der Waals surface area contributed by atoms with E-state index in [1.807, 2.05) is 0 Å². The molecule has 1 saturated carbocycles. The van der Waals surface area contributed by atoms with Crippen LogP contribution in [0.2, 0.25) is 0 Å². The van der Waals surface area contributed by atoms with Crippen molar-refractivity contribution < 1.29 is 26.3 Å². The number of benzene rings is 1. The Balaban J connectivity index is 2.09. The van der Waals surface area contributed by atoms with Gasteiger partial charge in [-0.2, -0.15) is 31.4 Å². The van der Waals surface area contributed by atoms with Gasteiger partial charge in [0.15, 0.2) is 5.69 Å². The molecule has 2 N–H and O–H groups in total. The number of hydrogen-bond acceptors (Lipinski definition) is 2. The molecule has 9 heteroatoms. The highest BCUT2D eigenvalue weighted by Crippen LogP contribution is 2.43. The molecule has 0 bridgehead atoms. The number of alkyl halides is 6. The molecule has 0 radical (unpaired) electrons. The van der Waals surface area contributed by atoms with Crippen molar-refractivity contribution in [1.29, 1.82) is 0 Å². The van der Waals surface area contributed by atoms with Crippen molar-refractivity contribution in [3.8, 4) is 5.69 Å². The summed E-state index contributed by atoms with van der Waals surface area (Å²) >= 11 is 0. The summed E-state index contributed by atoms with van der Waals surface area (Å²) in [6.45, 7) is 0. The summed E-state index contributed by atoms with van der Waals surface area (Å²) in [6.07, 6.45) is -7.78. The molecule has 1 aliphatic rings. The molecule has 0 spiro atoms. The highest BCUT2D eigenvalue weighted by Gasteiger charge is 2.38. The van der Waals surface area contributed by atoms with Crippen molar-refractivity contribution in [3.63, 3.8) is 0 Å². The molecule has 23 heavy (non-hydrogen) atoms. The Morgan fingerprint density at radius 2 is 1.65 bits per heavy atom. The number of nitrogens with two attached hydrogens (primary N) is 1. The number of nitrogen functional groups attached to an aromatic ring is 1. The first-order chi connectivity index (χ1) is 10.6. The van der Waals surface area contributed by atoms with Gasteiger partial charge in [0, 0.05) is 11.6 Å². The molecule has 1 fully saturated rings. The second kappa shape index (κ2) is 4.90. The zero-order valence-corrected chi connectivity index (χ0v) is 11.5. The predicted molar refractivity (Wildman–Crippen MR) is 70.0 cm³/mol. The third-order valence-electron chi connectivity index (χ3n) is 3.61. The molecule has 1 aromatic heterocycles. The van der Waals surface area contributed by atoms with Gasteiger partial charge in [0.2, 0.25) is 0 Å². The first-order valence-corrected chi connectivity index (χ1v) is 6.71. The highest BCUT2D eigenvalue weighted by atomic mass is 19.4. The van der Waals surface area contributed by atoms with Gasteiger partial charge in [0.1, 0.15) is 0 Å². The molecule has 3 rings (SSSR count). The van der Waals surface area contributed by atoms with Crippen LogP contribution in [-0.2, 0) is 12.4 Å². The van der Waals surface area contributed by atoms with E-state index < -0.39 is 23.6 Å². The van der Waals surface area contributed by atoms with Crippen molar-refractivity contribution in [2.24, 2.45) is 0 Å². The standard InChI is InChI=1S/C14H11F6N3/c15-13(16,17)8-3-4-10(9(21)5-8)23-11(7-1-2-7)6-12(22-23)14(18,19)20/h3-7H,1-2,21H2. The van der Waals surface area contributed by atoms with Crippen LogP contribution >= 0.6 is 0 Å². The average Bonchev–Trinajstić information content (AvgIpc) is 3.15. The number of anilines is 1. The highest BCUT2D eigenvalue weighted by molar-refractivity contribution is 5.60. The molecule has 2 aromatic rings. The summed E-state index contributed by atoms with van der Waals surface area (Å²) in [7, 11) is 0. The third-order valence-corrected chi connectivity index (χ3v) is 3.61. The van der Waals surface area contributed by atoms with Gasteiger partial charge >= 0.3 is 12.4 Å². The molecule has 0 unspecified atom stereocenters. The molecule has 0 amide bonds. The van der Waals surface area contributed by atoms with Crippen molar-refractivity contribution in [3.05, 3.63) is 41.2 Å². The summed E-state index contributed by atoms with van der Waals surface area (Å²) in [6, 6.07) is 3.43. The number of rotatable bonds is 2. The normalized spacial score (nSPS) is 15.9. The molecule has 1 aromatic carbocycles. The van der Waals surface area contributed by atoms with E-state index >= 15 is 0 Å². The Hall–Kier alpha value is -2.19. The van der Waals surface area contributed by atoms with Gasteiger partial charge in [0.25, 0.3) is 0 Å². The fourth-order valence-corrected chi connectivity index (χ4v) is 2.32. The summed E-state index contributed by atoms with van der Waals surface area (Å²) in [5.41, 5.74) is 3.61. The zero-order chi connectivity index (χ0) is 17.0. The Kier molecular flexibility index (Phi) is 3.35. The van der Waals surface area contributed by atoms with E-state index in [9.17, 15) is 26.3 Å². The van der Waals surface area contributed by atoms with E-state index in [4.69, 9.17) is 5.73 Å². The summed E-state index contributed by atoms with van der Waals surface area (Å²) in [5, 5.41) is 3.50. The van der Waals surface area contributed by atoms with Crippen LogP contribution in [-0.4, -0.2) is 9.78 Å². The van der Waals surface area contributed by atoms with Gasteiger partial charge in [-0.15, -0.1) is 0 Å². The van der Waals surface area contributed by atoms with Gasteiger partial charge in [-0.1, -0.05) is 0 Å². The maximum Gasteiger partial charge on any atom is 0.435 e. The largest absolute Gasteiger partial charge is 0.435 e. The number of nitrogens with zero attached hydrogens (tertiary/aromatic N) is 2. The Bertz CT molecular complexity index is 740. The summed E-state index contributed by atoms with van der Waals surface area (Å²) in [4.78, 5) is 0. The lowest BCUT2D eigenvalue weighted by atomic mass is 10.1. The van der Waals surface area contributed by atoms with Crippen LogP contribution in [0.15, 0.2) is 24.3 Å². The van der Waals surface area contributed by atoms with E-state index in [-0.39, 0.29) is 17.3 Å². The molecular formula is C14H11F6N3. The molecular weight excluding hydrogens is 324 g/mol. The van der Waals surface area contributed by atoms with E-state index in [2.05, 4.69) is 5.10 Å². The predicted octanol–water partition coefficient (Wildman–Crippen LogP) is 4.37. The van der Waals surface area contributed by atoms with E-state index in [1.54, 1.807) is 0 Å². The Morgan fingerprint density at radius 1 is 1.00 bits per heavy atom. The first-order valence-electron chi connectivity index (χ1n) is 6.71. The molecule has 0 saturated heterocycles. The monoisotopic (exact) mass is 335 g/mol. The topological polar surface area (TPSA) is 43.8 Å². The minimum Gasteiger partial charge on any atom is -0.397 e.